The molecule has 1 saturated heterocycles. The predicted molar refractivity (Wildman–Crippen MR) is 81.1 cm³/mol. The Labute approximate surface area is 117 Å². The maximum Gasteiger partial charge on any atom is 0.0291 e. The van der Waals surface area contributed by atoms with Gasteiger partial charge in [-0.25, -0.2) is 0 Å². The molecular weight excluding hydrogens is 234 g/mol. The van der Waals surface area contributed by atoms with Crippen molar-refractivity contribution in [3.63, 3.8) is 0 Å². The van der Waals surface area contributed by atoms with E-state index in [0.717, 1.165) is 25.6 Å². The third-order valence-corrected chi connectivity index (χ3v) is 4.16. The molecule has 1 aliphatic rings. The van der Waals surface area contributed by atoms with Gasteiger partial charge in [0.1, 0.15) is 0 Å². The zero-order valence-electron chi connectivity index (χ0n) is 12.0. The van der Waals surface area contributed by atoms with Crippen molar-refractivity contribution in [1.82, 2.24) is 10.2 Å². The first-order valence-corrected chi connectivity index (χ1v) is 7.50. The van der Waals surface area contributed by atoms with Gasteiger partial charge in [0, 0.05) is 19.1 Å². The predicted octanol–water partition coefficient (Wildman–Crippen LogP) is 2.01. The summed E-state index contributed by atoms with van der Waals surface area (Å²) in [5.74, 6) is 0.820. The van der Waals surface area contributed by atoms with Gasteiger partial charge in [0.25, 0.3) is 0 Å². The number of nitrogens with one attached hydrogen (secondary N) is 1. The van der Waals surface area contributed by atoms with E-state index in [9.17, 15) is 0 Å². The Kier molecular flexibility index (Phi) is 5.83. The molecule has 0 aliphatic carbocycles. The molecule has 1 unspecified atom stereocenters. The molecule has 106 valence electrons. The van der Waals surface area contributed by atoms with Crippen LogP contribution in [0, 0.1) is 5.92 Å². The molecule has 3 nitrogen and oxygen atoms in total. The van der Waals surface area contributed by atoms with E-state index < -0.39 is 0 Å². The maximum atomic E-state index is 5.60. The van der Waals surface area contributed by atoms with Crippen LogP contribution in [0.5, 0.6) is 0 Å². The highest BCUT2D eigenvalue weighted by Gasteiger charge is 2.18. The lowest BCUT2D eigenvalue weighted by Crippen LogP contribution is -2.39. The number of nitrogens with two attached hydrogens (primary N) is 1. The fourth-order valence-corrected chi connectivity index (χ4v) is 2.80. The molecule has 0 aromatic heterocycles. The Bertz CT molecular complexity index is 344. The Morgan fingerprint density at radius 2 is 1.95 bits per heavy atom. The third kappa shape index (κ3) is 4.60. The van der Waals surface area contributed by atoms with E-state index in [1.54, 1.807) is 0 Å². The molecule has 19 heavy (non-hydrogen) atoms. The molecule has 2 rings (SSSR count). The normalized spacial score (nSPS) is 19.5. The van der Waals surface area contributed by atoms with Crippen LogP contribution in [0.1, 0.15) is 31.4 Å². The van der Waals surface area contributed by atoms with E-state index in [2.05, 4.69) is 47.5 Å². The molecule has 3 N–H and O–H groups in total. The molecule has 3 heteroatoms. The number of piperidine rings is 1. The van der Waals surface area contributed by atoms with Crippen LogP contribution in [-0.2, 0) is 0 Å². The van der Waals surface area contributed by atoms with Crippen molar-refractivity contribution >= 4 is 0 Å². The van der Waals surface area contributed by atoms with Crippen LogP contribution in [0.3, 0.4) is 0 Å². The first-order chi connectivity index (χ1) is 9.29. The van der Waals surface area contributed by atoms with Crippen LogP contribution in [0.4, 0.5) is 0 Å². The second-order valence-corrected chi connectivity index (χ2v) is 5.61. The molecule has 1 fully saturated rings. The maximum absolute atomic E-state index is 5.60. The first kappa shape index (κ1) is 14.5. The number of likely N-dealkylation sites (tertiary alicyclic amines) is 1. The molecule has 0 bridgehead atoms. The zero-order valence-corrected chi connectivity index (χ0v) is 12.0. The van der Waals surface area contributed by atoms with Crippen molar-refractivity contribution in [2.45, 2.75) is 25.8 Å². The lowest BCUT2D eigenvalue weighted by Gasteiger charge is -2.32. The Balaban J connectivity index is 1.69. The Morgan fingerprint density at radius 1 is 1.26 bits per heavy atom. The standard InChI is InChI=1S/C16H27N3/c1-14(16-5-3-2-4-6-16)18-13-15-7-10-19(11-8-15)12-9-17/h2-6,14-15,18H,7-13,17H2,1H3. The number of benzene rings is 1. The number of nitrogens with zero attached hydrogens (tertiary/aromatic N) is 1. The lowest BCUT2D eigenvalue weighted by molar-refractivity contribution is 0.184. The van der Waals surface area contributed by atoms with Gasteiger partial charge in [0.2, 0.25) is 0 Å². The summed E-state index contributed by atoms with van der Waals surface area (Å²) in [6.45, 7) is 7.65. The van der Waals surface area contributed by atoms with E-state index in [1.807, 2.05) is 0 Å². The molecule has 1 heterocycles. The molecule has 1 aromatic carbocycles. The van der Waals surface area contributed by atoms with Crippen LogP contribution in [0.2, 0.25) is 0 Å². The van der Waals surface area contributed by atoms with Crippen molar-refractivity contribution in [3.05, 3.63) is 35.9 Å². The molecule has 1 aromatic rings. The summed E-state index contributed by atoms with van der Waals surface area (Å²) in [6.07, 6.45) is 2.60. The SMILES string of the molecule is CC(NCC1CCN(CCN)CC1)c1ccccc1. The molecule has 1 atom stereocenters. The largest absolute Gasteiger partial charge is 0.329 e. The van der Waals surface area contributed by atoms with Crippen molar-refractivity contribution in [2.24, 2.45) is 11.7 Å². The number of hydrogen-bond donors (Lipinski definition) is 2. The summed E-state index contributed by atoms with van der Waals surface area (Å²) >= 11 is 0. The summed E-state index contributed by atoms with van der Waals surface area (Å²) in [5, 5.41) is 3.67. The van der Waals surface area contributed by atoms with Gasteiger partial charge in [-0.05, 0) is 50.9 Å². The highest BCUT2D eigenvalue weighted by atomic mass is 15.1. The quantitative estimate of drug-likeness (QED) is 0.823. The minimum Gasteiger partial charge on any atom is -0.329 e. The lowest BCUT2D eigenvalue weighted by atomic mass is 9.96. The Hall–Kier alpha value is -0.900. The average Bonchev–Trinajstić information content (AvgIpc) is 2.47. The second kappa shape index (κ2) is 7.63. The van der Waals surface area contributed by atoms with Crippen LogP contribution >= 0.6 is 0 Å². The highest BCUT2D eigenvalue weighted by Crippen LogP contribution is 2.18. The van der Waals surface area contributed by atoms with Gasteiger partial charge in [-0.3, -0.25) is 0 Å². The first-order valence-electron chi connectivity index (χ1n) is 7.50. The minimum absolute atomic E-state index is 0.447. The fourth-order valence-electron chi connectivity index (χ4n) is 2.80. The van der Waals surface area contributed by atoms with Crippen molar-refractivity contribution in [3.8, 4) is 0 Å². The molecule has 0 radical (unpaired) electrons. The smallest absolute Gasteiger partial charge is 0.0291 e. The summed E-state index contributed by atoms with van der Waals surface area (Å²) in [6, 6.07) is 11.1. The van der Waals surface area contributed by atoms with Crippen LogP contribution in [-0.4, -0.2) is 37.6 Å². The molecule has 0 saturated carbocycles. The van der Waals surface area contributed by atoms with E-state index in [1.165, 1.54) is 31.5 Å². The van der Waals surface area contributed by atoms with Crippen LogP contribution in [0.15, 0.2) is 30.3 Å². The average molecular weight is 261 g/mol. The fraction of sp³-hybridized carbons (Fsp3) is 0.625. The summed E-state index contributed by atoms with van der Waals surface area (Å²) in [5.41, 5.74) is 6.98. The zero-order chi connectivity index (χ0) is 13.5. The Morgan fingerprint density at radius 3 is 2.58 bits per heavy atom. The third-order valence-electron chi connectivity index (χ3n) is 4.16. The summed E-state index contributed by atoms with van der Waals surface area (Å²) in [4.78, 5) is 2.48. The van der Waals surface area contributed by atoms with E-state index >= 15 is 0 Å². The molecular formula is C16H27N3. The molecule has 1 aliphatic heterocycles. The second-order valence-electron chi connectivity index (χ2n) is 5.61. The summed E-state index contributed by atoms with van der Waals surface area (Å²) < 4.78 is 0. The summed E-state index contributed by atoms with van der Waals surface area (Å²) in [7, 11) is 0. The van der Waals surface area contributed by atoms with Crippen LogP contribution < -0.4 is 11.1 Å². The van der Waals surface area contributed by atoms with Gasteiger partial charge in [0.15, 0.2) is 0 Å². The van der Waals surface area contributed by atoms with Crippen LogP contribution in [0.25, 0.3) is 0 Å². The monoisotopic (exact) mass is 261 g/mol. The van der Waals surface area contributed by atoms with Gasteiger partial charge in [-0.2, -0.15) is 0 Å². The van der Waals surface area contributed by atoms with E-state index in [0.29, 0.717) is 6.04 Å². The van der Waals surface area contributed by atoms with Gasteiger partial charge in [-0.1, -0.05) is 30.3 Å². The van der Waals surface area contributed by atoms with Crippen molar-refractivity contribution in [1.29, 1.82) is 0 Å². The van der Waals surface area contributed by atoms with Gasteiger partial charge < -0.3 is 16.0 Å². The minimum atomic E-state index is 0.447. The van der Waals surface area contributed by atoms with E-state index in [4.69, 9.17) is 5.73 Å². The number of hydrogen-bond acceptors (Lipinski definition) is 3. The topological polar surface area (TPSA) is 41.3 Å². The highest BCUT2D eigenvalue weighted by molar-refractivity contribution is 5.17. The van der Waals surface area contributed by atoms with Gasteiger partial charge >= 0.3 is 0 Å². The van der Waals surface area contributed by atoms with E-state index in [-0.39, 0.29) is 0 Å². The number of rotatable bonds is 6. The van der Waals surface area contributed by atoms with Crippen molar-refractivity contribution in [2.75, 3.05) is 32.7 Å². The van der Waals surface area contributed by atoms with Gasteiger partial charge in [0.05, 0.1) is 0 Å². The molecule has 0 amide bonds. The molecule has 0 spiro atoms. The van der Waals surface area contributed by atoms with Crippen molar-refractivity contribution < 1.29 is 0 Å². The van der Waals surface area contributed by atoms with Gasteiger partial charge in [-0.15, -0.1) is 0 Å².